The average Bonchev–Trinajstić information content (AvgIpc) is 3.71. The summed E-state index contributed by atoms with van der Waals surface area (Å²) >= 11 is 0. The lowest BCUT2D eigenvalue weighted by molar-refractivity contribution is -0.127. The van der Waals surface area contributed by atoms with Crippen molar-refractivity contribution in [3.63, 3.8) is 0 Å². The van der Waals surface area contributed by atoms with E-state index in [1.54, 1.807) is 28.9 Å². The van der Waals surface area contributed by atoms with Crippen molar-refractivity contribution in [3.05, 3.63) is 79.3 Å². The zero-order valence-corrected chi connectivity index (χ0v) is 21.5. The highest BCUT2D eigenvalue weighted by molar-refractivity contribution is 5.89. The van der Waals surface area contributed by atoms with E-state index < -0.39 is 5.82 Å². The van der Waals surface area contributed by atoms with Crippen LogP contribution in [0.2, 0.25) is 0 Å². The molecule has 2 saturated heterocycles. The van der Waals surface area contributed by atoms with Crippen LogP contribution in [0.25, 0.3) is 16.7 Å². The molecule has 1 aromatic carbocycles. The number of nitrogens with zero attached hydrogens (tertiary/aromatic N) is 8. The van der Waals surface area contributed by atoms with Gasteiger partial charge in [0.1, 0.15) is 41.3 Å². The third kappa shape index (κ3) is 4.04. The number of halogens is 1. The van der Waals surface area contributed by atoms with E-state index in [9.17, 15) is 4.79 Å². The number of hydrogen-bond acceptors (Lipinski definition) is 9. The Morgan fingerprint density at radius 2 is 2.02 bits per heavy atom. The highest BCUT2D eigenvalue weighted by atomic mass is 19.1. The number of benzene rings is 1. The molecule has 2 fully saturated rings. The first-order chi connectivity index (χ1) is 19.5. The number of pyridine rings is 2. The molecule has 2 bridgehead atoms. The lowest BCUT2D eigenvalue weighted by Crippen LogP contribution is -2.48. The lowest BCUT2D eigenvalue weighted by Gasteiger charge is -2.34. The van der Waals surface area contributed by atoms with Crippen LogP contribution < -0.4 is 15.0 Å². The summed E-state index contributed by atoms with van der Waals surface area (Å²) in [6, 6.07) is 10.6. The smallest absolute Gasteiger partial charge is 0.246 e. The fourth-order valence-electron chi connectivity index (χ4n) is 5.50. The predicted molar refractivity (Wildman–Crippen MR) is 146 cm³/mol. The van der Waals surface area contributed by atoms with Gasteiger partial charge in [0.15, 0.2) is 11.5 Å². The number of carbonyl (C=O) groups excluding carboxylic acids is 1. The number of ether oxygens (including phenoxy) is 1. The number of likely N-dealkylation sites (tertiary alicyclic amines) is 1. The maximum Gasteiger partial charge on any atom is 0.246 e. The van der Waals surface area contributed by atoms with E-state index in [2.05, 4.69) is 36.8 Å². The lowest BCUT2D eigenvalue weighted by atomic mass is 10.2. The molecule has 12 heteroatoms. The highest BCUT2D eigenvalue weighted by Crippen LogP contribution is 2.36. The molecule has 0 radical (unpaired) electrons. The quantitative estimate of drug-likeness (QED) is 0.321. The van der Waals surface area contributed by atoms with Crippen LogP contribution in [-0.4, -0.2) is 65.5 Å². The number of anilines is 3. The monoisotopic (exact) mass is 537 g/mol. The molecule has 6 heterocycles. The van der Waals surface area contributed by atoms with Gasteiger partial charge in [-0.1, -0.05) is 6.58 Å². The minimum Gasteiger partial charge on any atom is -0.457 e. The summed E-state index contributed by atoms with van der Waals surface area (Å²) in [5, 5.41) is 7.17. The minimum absolute atomic E-state index is 0.0383. The Balaban J connectivity index is 1.15. The number of rotatable bonds is 6. The van der Waals surface area contributed by atoms with Crippen LogP contribution in [0.3, 0.4) is 0 Å². The van der Waals surface area contributed by atoms with Crippen molar-refractivity contribution in [2.75, 3.05) is 23.3 Å². The Bertz CT molecular complexity index is 1810. The van der Waals surface area contributed by atoms with Crippen LogP contribution in [0.1, 0.15) is 12.0 Å². The summed E-state index contributed by atoms with van der Waals surface area (Å²) in [6.45, 7) is 6.78. The molecule has 2 aliphatic rings. The normalized spacial score (nSPS) is 18.1. The number of aromatic nitrogens is 6. The summed E-state index contributed by atoms with van der Waals surface area (Å²) in [7, 11) is 0. The Morgan fingerprint density at radius 1 is 1.12 bits per heavy atom. The van der Waals surface area contributed by atoms with Gasteiger partial charge < -0.3 is 19.9 Å². The number of carbonyl (C=O) groups is 1. The molecule has 7 rings (SSSR count). The van der Waals surface area contributed by atoms with Gasteiger partial charge in [0.2, 0.25) is 5.91 Å². The standard InChI is InChI=1S/C28H24FN9O2/c1-3-26(39)37-13-17-9-18(37)12-36(17)24-5-4-21-27(35-24)28(32-14-30-21)34-22-8-16(2)23(11-20(22)29)40-19-6-7-38-25(10-19)31-15-33-38/h3-8,10-11,14-15,17-18H,1,9,12-13H2,2H3,(H,30,32,34)/t17-,18-/m1/s1. The van der Waals surface area contributed by atoms with E-state index in [0.29, 0.717) is 47.1 Å². The molecule has 0 unspecified atom stereocenters. The molecule has 200 valence electrons. The predicted octanol–water partition coefficient (Wildman–Crippen LogP) is 4.03. The zero-order valence-electron chi connectivity index (χ0n) is 21.5. The summed E-state index contributed by atoms with van der Waals surface area (Å²) in [5.41, 5.74) is 2.75. The minimum atomic E-state index is -0.504. The first-order valence-corrected chi connectivity index (χ1v) is 12.8. The fraction of sp³-hybridized carbons (Fsp3) is 0.214. The van der Waals surface area contributed by atoms with E-state index >= 15 is 4.39 Å². The molecule has 40 heavy (non-hydrogen) atoms. The van der Waals surface area contributed by atoms with Crippen LogP contribution >= 0.6 is 0 Å². The van der Waals surface area contributed by atoms with Crippen LogP contribution in [0, 0.1) is 12.7 Å². The van der Waals surface area contributed by atoms with Gasteiger partial charge in [-0.25, -0.2) is 28.8 Å². The fourth-order valence-corrected chi connectivity index (χ4v) is 5.50. The number of piperazine rings is 1. The van der Waals surface area contributed by atoms with Crippen LogP contribution in [0.4, 0.5) is 21.7 Å². The van der Waals surface area contributed by atoms with Gasteiger partial charge >= 0.3 is 0 Å². The van der Waals surface area contributed by atoms with Gasteiger partial charge in [-0.2, -0.15) is 5.10 Å². The molecular weight excluding hydrogens is 513 g/mol. The van der Waals surface area contributed by atoms with Crippen molar-refractivity contribution in [1.29, 1.82) is 0 Å². The molecule has 5 aromatic rings. The molecule has 0 spiro atoms. The molecule has 11 nitrogen and oxygen atoms in total. The maximum absolute atomic E-state index is 15.3. The Hall–Kier alpha value is -5.13. The Morgan fingerprint density at radius 3 is 2.85 bits per heavy atom. The van der Waals surface area contributed by atoms with Gasteiger partial charge in [-0.15, -0.1) is 0 Å². The third-order valence-corrected chi connectivity index (χ3v) is 7.46. The van der Waals surface area contributed by atoms with Gasteiger partial charge in [0, 0.05) is 31.4 Å². The SMILES string of the molecule is C=CC(=O)N1C[C@H]2C[C@@H]1CN2c1ccc2ncnc(Nc3cc(C)c(Oc4ccn5ncnc5c4)cc3F)c2n1. The summed E-state index contributed by atoms with van der Waals surface area (Å²) in [6.07, 6.45) is 6.86. The molecule has 2 atom stereocenters. The van der Waals surface area contributed by atoms with Crippen LogP contribution in [-0.2, 0) is 4.79 Å². The second-order valence-corrected chi connectivity index (χ2v) is 9.90. The largest absolute Gasteiger partial charge is 0.457 e. The number of hydrogen-bond donors (Lipinski definition) is 1. The molecule has 1 N–H and O–H groups in total. The summed E-state index contributed by atoms with van der Waals surface area (Å²) < 4.78 is 22.9. The van der Waals surface area contributed by atoms with Gasteiger partial charge in [0.25, 0.3) is 0 Å². The van der Waals surface area contributed by atoms with Crippen molar-refractivity contribution < 1.29 is 13.9 Å². The molecular formula is C28H24FN9O2. The molecule has 0 aliphatic carbocycles. The maximum atomic E-state index is 15.3. The number of nitrogens with one attached hydrogen (secondary N) is 1. The Labute approximate surface area is 228 Å². The summed E-state index contributed by atoms with van der Waals surface area (Å²) in [4.78, 5) is 34.0. The first-order valence-electron chi connectivity index (χ1n) is 12.8. The van der Waals surface area contributed by atoms with E-state index in [4.69, 9.17) is 9.72 Å². The van der Waals surface area contributed by atoms with Crippen molar-refractivity contribution in [1.82, 2.24) is 34.4 Å². The molecule has 4 aromatic heterocycles. The number of fused-ring (bicyclic) bond motifs is 4. The first kappa shape index (κ1) is 23.9. The second kappa shape index (κ2) is 9.26. The van der Waals surface area contributed by atoms with Crippen molar-refractivity contribution >= 4 is 39.9 Å². The highest BCUT2D eigenvalue weighted by Gasteiger charge is 2.45. The molecule has 1 amide bonds. The van der Waals surface area contributed by atoms with Gasteiger partial charge in [-0.05, 0) is 49.2 Å². The van der Waals surface area contributed by atoms with Gasteiger partial charge in [-0.3, -0.25) is 4.79 Å². The number of amides is 1. The molecule has 0 saturated carbocycles. The van der Waals surface area contributed by atoms with E-state index in [1.165, 1.54) is 24.8 Å². The van der Waals surface area contributed by atoms with Crippen molar-refractivity contribution in [2.24, 2.45) is 0 Å². The van der Waals surface area contributed by atoms with Gasteiger partial charge in [0.05, 0.1) is 23.3 Å². The Kier molecular flexibility index (Phi) is 5.54. The third-order valence-electron chi connectivity index (χ3n) is 7.46. The van der Waals surface area contributed by atoms with E-state index in [0.717, 1.165) is 17.8 Å². The van der Waals surface area contributed by atoms with Crippen molar-refractivity contribution in [2.45, 2.75) is 25.4 Å². The second-order valence-electron chi connectivity index (χ2n) is 9.90. The van der Waals surface area contributed by atoms with E-state index in [-0.39, 0.29) is 23.7 Å². The van der Waals surface area contributed by atoms with E-state index in [1.807, 2.05) is 24.0 Å². The topological polar surface area (TPSA) is 114 Å². The van der Waals surface area contributed by atoms with Crippen LogP contribution in [0.15, 0.2) is 67.9 Å². The average molecular weight is 538 g/mol. The zero-order chi connectivity index (χ0) is 27.4. The number of aryl methyl sites for hydroxylation is 1. The van der Waals surface area contributed by atoms with Crippen LogP contribution in [0.5, 0.6) is 11.5 Å². The molecule has 2 aliphatic heterocycles. The van der Waals surface area contributed by atoms with Crippen molar-refractivity contribution in [3.8, 4) is 11.5 Å². The summed E-state index contributed by atoms with van der Waals surface area (Å²) in [5.74, 6) is 1.53.